The van der Waals surface area contributed by atoms with E-state index in [9.17, 15) is 15.0 Å². The quantitative estimate of drug-likeness (QED) is 0.562. The molecule has 1 aliphatic rings. The van der Waals surface area contributed by atoms with Crippen LogP contribution in [0.3, 0.4) is 0 Å². The molecule has 1 aliphatic heterocycles. The van der Waals surface area contributed by atoms with Crippen molar-refractivity contribution in [3.63, 3.8) is 0 Å². The Morgan fingerprint density at radius 1 is 1.16 bits per heavy atom. The first-order valence-corrected chi connectivity index (χ1v) is 10.8. The van der Waals surface area contributed by atoms with E-state index in [0.717, 1.165) is 6.42 Å². The maximum atomic E-state index is 12.9. The van der Waals surface area contributed by atoms with Gasteiger partial charge in [0.2, 0.25) is 0 Å². The highest BCUT2D eigenvalue weighted by molar-refractivity contribution is 5.76. The first-order chi connectivity index (χ1) is 14.3. The molecule has 0 bridgehead atoms. The molecule has 1 saturated heterocycles. The number of rotatable bonds is 9. The summed E-state index contributed by atoms with van der Waals surface area (Å²) in [7, 11) is 0. The molecule has 8 heteroatoms. The van der Waals surface area contributed by atoms with E-state index in [2.05, 4.69) is 13.8 Å². The molecule has 2 rings (SSSR count). The lowest BCUT2D eigenvalue weighted by atomic mass is 9.86. The van der Waals surface area contributed by atoms with E-state index >= 15 is 0 Å². The molecular formula is C23H38O8. The zero-order chi connectivity index (χ0) is 23.4. The van der Waals surface area contributed by atoms with Gasteiger partial charge in [-0.1, -0.05) is 13.8 Å². The number of carbonyl (C=O) groups is 1. The first kappa shape index (κ1) is 25.8. The maximum absolute atomic E-state index is 12.9. The van der Waals surface area contributed by atoms with Gasteiger partial charge < -0.3 is 33.6 Å². The van der Waals surface area contributed by atoms with Crippen molar-refractivity contribution in [2.24, 2.45) is 5.92 Å². The third kappa shape index (κ3) is 7.29. The molecular weight excluding hydrogens is 404 g/mol. The van der Waals surface area contributed by atoms with E-state index < -0.39 is 47.7 Å². The minimum atomic E-state index is -1.37. The number of hydrogen-bond donors (Lipinski definition) is 2. The molecule has 0 aromatic carbocycles. The second-order valence-corrected chi connectivity index (χ2v) is 9.97. The van der Waals surface area contributed by atoms with Gasteiger partial charge in [-0.05, 0) is 59.1 Å². The molecule has 0 saturated carbocycles. The Hall–Kier alpha value is -1.45. The average Bonchev–Trinajstić information content (AvgIpc) is 3.15. The van der Waals surface area contributed by atoms with Crippen LogP contribution >= 0.6 is 0 Å². The second-order valence-electron chi connectivity index (χ2n) is 9.97. The zero-order valence-electron chi connectivity index (χ0n) is 19.7. The molecule has 2 unspecified atom stereocenters. The minimum Gasteiger partial charge on any atom is -0.466 e. The number of aliphatic hydroxyl groups excluding tert-OH is 2. The summed E-state index contributed by atoms with van der Waals surface area (Å²) in [6, 6.07) is 3.38. The van der Waals surface area contributed by atoms with Crippen LogP contribution < -0.4 is 0 Å². The smallest absolute Gasteiger partial charge is 0.338 e. The molecule has 2 heterocycles. The standard InChI is InChI=1S/C23H38O8/c1-14(2)10-12-29-23(6,7)20-17(25)16(24)18(31-22(3,4)5)19(30-20)21(26)28-13-15-9-8-11-27-15/h8-9,11,14,16-20,24-25H,10,12-13H2,1-7H3/t16-,17+,18+,19?,20?/m1/s1. The van der Waals surface area contributed by atoms with Gasteiger partial charge in [-0.2, -0.15) is 0 Å². The summed E-state index contributed by atoms with van der Waals surface area (Å²) in [5, 5.41) is 21.7. The highest BCUT2D eigenvalue weighted by Crippen LogP contribution is 2.34. The summed E-state index contributed by atoms with van der Waals surface area (Å²) in [5.41, 5.74) is -1.65. The van der Waals surface area contributed by atoms with Crippen LogP contribution in [-0.4, -0.2) is 64.5 Å². The van der Waals surface area contributed by atoms with E-state index in [1.54, 1.807) is 46.8 Å². The van der Waals surface area contributed by atoms with E-state index in [1.807, 2.05) is 0 Å². The molecule has 2 N–H and O–H groups in total. The van der Waals surface area contributed by atoms with Gasteiger partial charge in [-0.15, -0.1) is 0 Å². The highest BCUT2D eigenvalue weighted by Gasteiger charge is 2.54. The van der Waals surface area contributed by atoms with Crippen LogP contribution in [0.4, 0.5) is 0 Å². The lowest BCUT2D eigenvalue weighted by Crippen LogP contribution is -2.66. The van der Waals surface area contributed by atoms with Gasteiger partial charge in [0.15, 0.2) is 6.10 Å². The van der Waals surface area contributed by atoms with E-state index in [-0.39, 0.29) is 6.61 Å². The molecule has 0 aliphatic carbocycles. The molecule has 5 atom stereocenters. The summed E-state index contributed by atoms with van der Waals surface area (Å²) >= 11 is 0. The van der Waals surface area contributed by atoms with Crippen LogP contribution in [0.5, 0.6) is 0 Å². The lowest BCUT2D eigenvalue weighted by Gasteiger charge is -2.48. The Balaban J connectivity index is 2.20. The molecule has 8 nitrogen and oxygen atoms in total. The second kappa shape index (κ2) is 10.4. The van der Waals surface area contributed by atoms with Crippen LogP contribution in [0.1, 0.15) is 60.6 Å². The summed E-state index contributed by atoms with van der Waals surface area (Å²) in [6.45, 7) is 13.5. The Kier molecular flexibility index (Phi) is 8.69. The van der Waals surface area contributed by atoms with Gasteiger partial charge in [0.1, 0.15) is 36.8 Å². The third-order valence-electron chi connectivity index (χ3n) is 5.10. The zero-order valence-corrected chi connectivity index (χ0v) is 19.7. The van der Waals surface area contributed by atoms with Gasteiger partial charge in [0.05, 0.1) is 17.5 Å². The van der Waals surface area contributed by atoms with Gasteiger partial charge in [0, 0.05) is 6.61 Å². The van der Waals surface area contributed by atoms with Crippen LogP contribution in [0.15, 0.2) is 22.8 Å². The fourth-order valence-corrected chi connectivity index (χ4v) is 3.43. The van der Waals surface area contributed by atoms with E-state index in [0.29, 0.717) is 18.3 Å². The molecule has 1 aromatic rings. The summed E-state index contributed by atoms with van der Waals surface area (Å²) < 4.78 is 28.5. The Morgan fingerprint density at radius 2 is 1.84 bits per heavy atom. The SMILES string of the molecule is CC(C)CCOC(C)(C)C1OC(C(=O)OCc2ccco2)[C@@H](OC(C)(C)C)[C@H](O)[C@@H]1O. The van der Waals surface area contributed by atoms with Crippen molar-refractivity contribution in [2.75, 3.05) is 6.61 Å². The Bertz CT molecular complexity index is 676. The van der Waals surface area contributed by atoms with Crippen molar-refractivity contribution in [3.8, 4) is 0 Å². The van der Waals surface area contributed by atoms with Crippen molar-refractivity contribution >= 4 is 5.97 Å². The summed E-state index contributed by atoms with van der Waals surface area (Å²) in [5.74, 6) is 0.221. The Morgan fingerprint density at radius 3 is 2.39 bits per heavy atom. The normalized spacial score (nSPS) is 27.5. The minimum absolute atomic E-state index is 0.0778. The number of furan rings is 1. The van der Waals surface area contributed by atoms with Gasteiger partial charge in [0.25, 0.3) is 0 Å². The number of hydrogen-bond acceptors (Lipinski definition) is 8. The first-order valence-electron chi connectivity index (χ1n) is 10.8. The predicted molar refractivity (Wildman–Crippen MR) is 113 cm³/mol. The summed E-state index contributed by atoms with van der Waals surface area (Å²) in [4.78, 5) is 12.9. The maximum Gasteiger partial charge on any atom is 0.338 e. The topological polar surface area (TPSA) is 108 Å². The van der Waals surface area contributed by atoms with E-state index in [1.165, 1.54) is 6.26 Å². The monoisotopic (exact) mass is 442 g/mol. The molecule has 1 fully saturated rings. The van der Waals surface area contributed by atoms with Crippen molar-refractivity contribution in [3.05, 3.63) is 24.2 Å². The van der Waals surface area contributed by atoms with Crippen molar-refractivity contribution in [1.82, 2.24) is 0 Å². The fourth-order valence-electron chi connectivity index (χ4n) is 3.43. The van der Waals surface area contributed by atoms with Crippen LogP contribution in [0.2, 0.25) is 0 Å². The van der Waals surface area contributed by atoms with Crippen LogP contribution in [0, 0.1) is 5.92 Å². The van der Waals surface area contributed by atoms with Gasteiger partial charge in [-0.25, -0.2) is 4.79 Å². The third-order valence-corrected chi connectivity index (χ3v) is 5.10. The van der Waals surface area contributed by atoms with Crippen LogP contribution in [0.25, 0.3) is 0 Å². The fraction of sp³-hybridized carbons (Fsp3) is 0.783. The van der Waals surface area contributed by atoms with Crippen molar-refractivity contribution < 1.29 is 38.4 Å². The van der Waals surface area contributed by atoms with Crippen LogP contribution in [-0.2, 0) is 30.3 Å². The van der Waals surface area contributed by atoms with Gasteiger partial charge in [-0.3, -0.25) is 0 Å². The molecule has 0 radical (unpaired) electrons. The molecule has 0 spiro atoms. The number of aliphatic hydroxyl groups is 2. The lowest BCUT2D eigenvalue weighted by molar-refractivity contribution is -0.286. The average molecular weight is 443 g/mol. The molecule has 178 valence electrons. The predicted octanol–water partition coefficient (Wildman–Crippen LogP) is 2.84. The van der Waals surface area contributed by atoms with Gasteiger partial charge >= 0.3 is 5.97 Å². The number of carbonyl (C=O) groups excluding carboxylic acids is 1. The van der Waals surface area contributed by atoms with E-state index in [4.69, 9.17) is 23.4 Å². The Labute approximate surface area is 184 Å². The van der Waals surface area contributed by atoms with Crippen molar-refractivity contribution in [2.45, 2.75) is 103 Å². The van der Waals surface area contributed by atoms with Crippen molar-refractivity contribution in [1.29, 1.82) is 0 Å². The summed E-state index contributed by atoms with van der Waals surface area (Å²) in [6.07, 6.45) is -3.68. The molecule has 31 heavy (non-hydrogen) atoms. The number of esters is 1. The highest BCUT2D eigenvalue weighted by atomic mass is 16.6. The largest absolute Gasteiger partial charge is 0.466 e. The molecule has 0 amide bonds. The number of ether oxygens (including phenoxy) is 4. The molecule has 1 aromatic heterocycles.